The largest absolute Gasteiger partial charge is 0.364 e. The van der Waals surface area contributed by atoms with Crippen molar-refractivity contribution < 1.29 is 0 Å². The molecule has 0 unspecified atom stereocenters. The lowest BCUT2D eigenvalue weighted by Crippen LogP contribution is -2.12. The fourth-order valence-electron chi connectivity index (χ4n) is 1.45. The summed E-state index contributed by atoms with van der Waals surface area (Å²) >= 11 is 0. The summed E-state index contributed by atoms with van der Waals surface area (Å²) in [6.07, 6.45) is 1.70. The molecule has 0 radical (unpaired) electrons. The van der Waals surface area contributed by atoms with Gasteiger partial charge in [0, 0.05) is 12.3 Å². The summed E-state index contributed by atoms with van der Waals surface area (Å²) < 4.78 is 0. The third kappa shape index (κ3) is 3.10. The van der Waals surface area contributed by atoms with Crippen molar-refractivity contribution in [3.05, 3.63) is 46.0 Å². The number of nitrogens with zero attached hydrogens (tertiary/aromatic N) is 3. The van der Waals surface area contributed by atoms with Gasteiger partial charge < -0.3 is 10.3 Å². The smallest absolute Gasteiger partial charge is 0.252 e. The van der Waals surface area contributed by atoms with Crippen LogP contribution in [-0.2, 0) is 6.54 Å². The first-order chi connectivity index (χ1) is 8.13. The fraction of sp³-hybridized carbons (Fsp3) is 0.273. The zero-order chi connectivity index (χ0) is 12.3. The average molecular weight is 231 g/mol. The number of aryl methyl sites for hydroxylation is 2. The number of hydrogen-bond donors (Lipinski definition) is 2. The molecular formula is C11H13N5O. The van der Waals surface area contributed by atoms with Crippen LogP contribution in [0.5, 0.6) is 0 Å². The highest BCUT2D eigenvalue weighted by molar-refractivity contribution is 5.33. The quantitative estimate of drug-likeness (QED) is 0.815. The molecule has 0 aliphatic heterocycles. The first-order valence-electron chi connectivity index (χ1n) is 5.24. The first kappa shape index (κ1) is 11.3. The Morgan fingerprint density at radius 1 is 1.35 bits per heavy atom. The van der Waals surface area contributed by atoms with Crippen molar-refractivity contribution in [3.8, 4) is 0 Å². The molecule has 0 saturated heterocycles. The van der Waals surface area contributed by atoms with Crippen molar-refractivity contribution in [2.75, 3.05) is 5.32 Å². The third-order valence-electron chi connectivity index (χ3n) is 2.14. The maximum Gasteiger partial charge on any atom is 0.252 e. The minimum atomic E-state index is -0.168. The van der Waals surface area contributed by atoms with E-state index in [1.54, 1.807) is 13.1 Å². The summed E-state index contributed by atoms with van der Waals surface area (Å²) in [7, 11) is 0. The van der Waals surface area contributed by atoms with E-state index in [0.717, 1.165) is 11.5 Å². The van der Waals surface area contributed by atoms with Gasteiger partial charge >= 0.3 is 0 Å². The molecule has 0 atom stereocenters. The number of anilines is 1. The highest BCUT2D eigenvalue weighted by Gasteiger charge is 1.99. The lowest BCUT2D eigenvalue weighted by atomic mass is 10.4. The molecule has 2 rings (SSSR count). The minimum absolute atomic E-state index is 0.168. The Labute approximate surface area is 98.2 Å². The van der Waals surface area contributed by atoms with E-state index >= 15 is 0 Å². The van der Waals surface area contributed by atoms with Gasteiger partial charge in [0.05, 0.1) is 12.2 Å². The zero-order valence-electron chi connectivity index (χ0n) is 9.69. The molecule has 6 nitrogen and oxygen atoms in total. The third-order valence-corrected chi connectivity index (χ3v) is 2.14. The van der Waals surface area contributed by atoms with Crippen molar-refractivity contribution in [1.29, 1.82) is 0 Å². The van der Waals surface area contributed by atoms with Crippen LogP contribution in [0.4, 0.5) is 5.82 Å². The molecule has 2 aromatic heterocycles. The van der Waals surface area contributed by atoms with Crippen molar-refractivity contribution in [2.24, 2.45) is 0 Å². The summed E-state index contributed by atoms with van der Waals surface area (Å²) in [5.74, 6) is 1.85. The summed E-state index contributed by atoms with van der Waals surface area (Å²) in [5, 5.41) is 3.05. The second kappa shape index (κ2) is 4.73. The zero-order valence-corrected chi connectivity index (χ0v) is 9.69. The molecule has 0 spiro atoms. The topological polar surface area (TPSA) is 83.6 Å². The Kier molecular flexibility index (Phi) is 3.13. The number of H-pyrrole nitrogens is 1. The highest BCUT2D eigenvalue weighted by atomic mass is 16.1. The van der Waals surface area contributed by atoms with Gasteiger partial charge in [0.2, 0.25) is 0 Å². The molecule has 0 fully saturated rings. The molecular weight excluding hydrogens is 218 g/mol. The fourth-order valence-corrected chi connectivity index (χ4v) is 1.45. The molecule has 2 aromatic rings. The number of rotatable bonds is 3. The summed E-state index contributed by atoms with van der Waals surface area (Å²) in [6.45, 7) is 4.08. The van der Waals surface area contributed by atoms with E-state index in [1.807, 2.05) is 13.0 Å². The lowest BCUT2D eigenvalue weighted by molar-refractivity contribution is 0.938. The molecule has 6 heteroatoms. The number of aromatic amines is 1. The van der Waals surface area contributed by atoms with Crippen LogP contribution in [-0.4, -0.2) is 19.9 Å². The summed E-state index contributed by atoms with van der Waals surface area (Å²) in [5.41, 5.74) is 0.691. The molecule has 0 aliphatic rings. The molecule has 2 heterocycles. The van der Waals surface area contributed by atoms with Gasteiger partial charge in [-0.2, -0.15) is 0 Å². The van der Waals surface area contributed by atoms with Crippen LogP contribution in [0.1, 0.15) is 17.3 Å². The van der Waals surface area contributed by atoms with E-state index in [2.05, 4.69) is 25.3 Å². The van der Waals surface area contributed by atoms with Gasteiger partial charge in [-0.3, -0.25) is 4.79 Å². The molecule has 0 amide bonds. The van der Waals surface area contributed by atoms with Crippen LogP contribution in [0.25, 0.3) is 0 Å². The maximum absolute atomic E-state index is 11.2. The molecule has 17 heavy (non-hydrogen) atoms. The van der Waals surface area contributed by atoms with Gasteiger partial charge in [-0.05, 0) is 19.9 Å². The minimum Gasteiger partial charge on any atom is -0.364 e. The van der Waals surface area contributed by atoms with Gasteiger partial charge in [0.15, 0.2) is 0 Å². The molecule has 2 N–H and O–H groups in total. The van der Waals surface area contributed by atoms with E-state index in [9.17, 15) is 4.79 Å². The predicted octanol–water partition coefficient (Wildman–Crippen LogP) is 0.789. The second-order valence-electron chi connectivity index (χ2n) is 3.66. The highest BCUT2D eigenvalue weighted by Crippen LogP contribution is 2.02. The number of nitrogens with one attached hydrogen (secondary N) is 2. The van der Waals surface area contributed by atoms with Crippen LogP contribution in [0.2, 0.25) is 0 Å². The van der Waals surface area contributed by atoms with Crippen LogP contribution < -0.4 is 10.9 Å². The SMILES string of the molecule is Cc1nccc(CNc2cc(=O)[nH]c(C)n2)n1. The van der Waals surface area contributed by atoms with Crippen LogP contribution in [0.3, 0.4) is 0 Å². The van der Waals surface area contributed by atoms with E-state index in [0.29, 0.717) is 18.2 Å². The molecule has 0 aromatic carbocycles. The lowest BCUT2D eigenvalue weighted by Gasteiger charge is -2.05. The summed E-state index contributed by atoms with van der Waals surface area (Å²) in [6, 6.07) is 3.24. The van der Waals surface area contributed by atoms with E-state index < -0.39 is 0 Å². The van der Waals surface area contributed by atoms with E-state index in [4.69, 9.17) is 0 Å². The van der Waals surface area contributed by atoms with Gasteiger partial charge in [0.25, 0.3) is 5.56 Å². The molecule has 0 bridgehead atoms. The Morgan fingerprint density at radius 3 is 2.88 bits per heavy atom. The number of hydrogen-bond acceptors (Lipinski definition) is 5. The van der Waals surface area contributed by atoms with Gasteiger partial charge in [0.1, 0.15) is 17.5 Å². The van der Waals surface area contributed by atoms with Crippen LogP contribution in [0, 0.1) is 13.8 Å². The number of aromatic nitrogens is 4. The van der Waals surface area contributed by atoms with Crippen molar-refractivity contribution in [1.82, 2.24) is 19.9 Å². The first-order valence-corrected chi connectivity index (χ1v) is 5.24. The predicted molar refractivity (Wildman–Crippen MR) is 63.7 cm³/mol. The Balaban J connectivity index is 2.09. The van der Waals surface area contributed by atoms with E-state index in [-0.39, 0.29) is 5.56 Å². The van der Waals surface area contributed by atoms with Gasteiger partial charge in [-0.1, -0.05) is 0 Å². The van der Waals surface area contributed by atoms with Crippen LogP contribution >= 0.6 is 0 Å². The van der Waals surface area contributed by atoms with Gasteiger partial charge in [-0.25, -0.2) is 15.0 Å². The van der Waals surface area contributed by atoms with Crippen molar-refractivity contribution in [2.45, 2.75) is 20.4 Å². The molecule has 88 valence electrons. The summed E-state index contributed by atoms with van der Waals surface area (Å²) in [4.78, 5) is 26.2. The normalized spacial score (nSPS) is 10.2. The van der Waals surface area contributed by atoms with Crippen LogP contribution in [0.15, 0.2) is 23.1 Å². The maximum atomic E-state index is 11.2. The second-order valence-corrected chi connectivity index (χ2v) is 3.66. The molecule has 0 aliphatic carbocycles. The standard InChI is InChI=1S/C11H13N5O/c1-7-12-4-3-9(14-7)6-13-10-5-11(17)16-8(2)15-10/h3-5H,6H2,1-2H3,(H2,13,15,16,17). The Hall–Kier alpha value is -2.24. The Bertz CT molecular complexity index is 578. The van der Waals surface area contributed by atoms with Crippen molar-refractivity contribution in [3.63, 3.8) is 0 Å². The van der Waals surface area contributed by atoms with Crippen molar-refractivity contribution >= 4 is 5.82 Å². The van der Waals surface area contributed by atoms with E-state index in [1.165, 1.54) is 6.07 Å². The van der Waals surface area contributed by atoms with Gasteiger partial charge in [-0.15, -0.1) is 0 Å². The average Bonchev–Trinajstić information content (AvgIpc) is 2.25. The Morgan fingerprint density at radius 2 is 2.18 bits per heavy atom. The molecule has 0 saturated carbocycles. The monoisotopic (exact) mass is 231 g/mol.